The third-order valence-electron chi connectivity index (χ3n) is 5.73. The Bertz CT molecular complexity index is 662. The summed E-state index contributed by atoms with van der Waals surface area (Å²) < 4.78 is 5.33. The summed E-state index contributed by atoms with van der Waals surface area (Å²) in [6.07, 6.45) is 2.06. The zero-order chi connectivity index (χ0) is 20.5. The molecule has 0 atom stereocenters. The van der Waals surface area contributed by atoms with Gasteiger partial charge >= 0.3 is 0 Å². The standard InChI is InChI=1S/C22H35N5O2/c1-3-19-4-6-20(7-5-19)8-9-24-22(23-2)27-12-10-25(11-13-27)18-21(28)26-14-16-29-17-15-26/h4-7H,3,8-18H2,1-2H3,(H,23,24). The van der Waals surface area contributed by atoms with Crippen molar-refractivity contribution in [3.8, 4) is 0 Å². The van der Waals surface area contributed by atoms with Gasteiger partial charge in [0, 0.05) is 52.9 Å². The van der Waals surface area contributed by atoms with Crippen molar-refractivity contribution in [3.63, 3.8) is 0 Å². The normalized spacial score (nSPS) is 18.8. The van der Waals surface area contributed by atoms with Gasteiger partial charge in [-0.3, -0.25) is 14.7 Å². The van der Waals surface area contributed by atoms with Gasteiger partial charge in [-0.05, 0) is 24.0 Å². The van der Waals surface area contributed by atoms with Gasteiger partial charge < -0.3 is 19.9 Å². The number of nitrogens with zero attached hydrogens (tertiary/aromatic N) is 4. The second kappa shape index (κ2) is 11.2. The average Bonchev–Trinajstić information content (AvgIpc) is 2.78. The average molecular weight is 402 g/mol. The molecule has 2 aliphatic rings. The Balaban J connectivity index is 1.38. The van der Waals surface area contributed by atoms with E-state index in [4.69, 9.17) is 4.74 Å². The molecule has 160 valence electrons. The van der Waals surface area contributed by atoms with Crippen LogP contribution in [0.1, 0.15) is 18.1 Å². The molecular formula is C22H35N5O2. The first-order valence-electron chi connectivity index (χ1n) is 10.8. The molecular weight excluding hydrogens is 366 g/mol. The Morgan fingerprint density at radius 3 is 2.28 bits per heavy atom. The molecule has 0 spiro atoms. The van der Waals surface area contributed by atoms with Gasteiger partial charge in [0.05, 0.1) is 19.8 Å². The van der Waals surface area contributed by atoms with Gasteiger partial charge in [0.15, 0.2) is 5.96 Å². The zero-order valence-corrected chi connectivity index (χ0v) is 17.9. The summed E-state index contributed by atoms with van der Waals surface area (Å²) in [5.41, 5.74) is 2.72. The maximum absolute atomic E-state index is 12.4. The highest BCUT2D eigenvalue weighted by atomic mass is 16.5. The molecule has 0 radical (unpaired) electrons. The highest BCUT2D eigenvalue weighted by molar-refractivity contribution is 5.80. The predicted molar refractivity (Wildman–Crippen MR) is 116 cm³/mol. The number of carbonyl (C=O) groups is 1. The van der Waals surface area contributed by atoms with Crippen molar-refractivity contribution in [1.29, 1.82) is 0 Å². The van der Waals surface area contributed by atoms with Crippen LogP contribution in [0.25, 0.3) is 0 Å². The number of ether oxygens (including phenoxy) is 1. The van der Waals surface area contributed by atoms with Gasteiger partial charge in [0.1, 0.15) is 0 Å². The number of hydrogen-bond acceptors (Lipinski definition) is 4. The zero-order valence-electron chi connectivity index (χ0n) is 17.9. The van der Waals surface area contributed by atoms with Crippen LogP contribution in [-0.2, 0) is 22.4 Å². The second-order valence-corrected chi connectivity index (χ2v) is 7.65. The van der Waals surface area contributed by atoms with Crippen LogP contribution in [0.4, 0.5) is 0 Å². The lowest BCUT2D eigenvalue weighted by atomic mass is 10.1. The van der Waals surface area contributed by atoms with E-state index in [1.165, 1.54) is 11.1 Å². The molecule has 1 amide bonds. The Morgan fingerprint density at radius 2 is 1.66 bits per heavy atom. The van der Waals surface area contributed by atoms with Crippen LogP contribution in [-0.4, -0.2) is 99.2 Å². The maximum atomic E-state index is 12.4. The van der Waals surface area contributed by atoms with Gasteiger partial charge in [0.25, 0.3) is 0 Å². The minimum Gasteiger partial charge on any atom is -0.378 e. The summed E-state index contributed by atoms with van der Waals surface area (Å²) in [5.74, 6) is 1.17. The highest BCUT2D eigenvalue weighted by Gasteiger charge is 2.24. The van der Waals surface area contributed by atoms with Crippen LogP contribution in [0.3, 0.4) is 0 Å². The summed E-state index contributed by atoms with van der Waals surface area (Å²) in [6.45, 7) is 9.86. The van der Waals surface area contributed by atoms with Gasteiger partial charge in [-0.25, -0.2) is 0 Å². The number of hydrogen-bond donors (Lipinski definition) is 1. The first-order valence-corrected chi connectivity index (χ1v) is 10.8. The Hall–Kier alpha value is -2.12. The summed E-state index contributed by atoms with van der Waals surface area (Å²) >= 11 is 0. The SMILES string of the molecule is CCc1ccc(CCNC(=NC)N2CCN(CC(=O)N3CCOCC3)CC2)cc1. The molecule has 7 nitrogen and oxygen atoms in total. The van der Waals surface area contributed by atoms with Crippen molar-refractivity contribution < 1.29 is 9.53 Å². The van der Waals surface area contributed by atoms with E-state index in [2.05, 4.69) is 51.3 Å². The number of amides is 1. The molecule has 2 fully saturated rings. The molecule has 0 unspecified atom stereocenters. The van der Waals surface area contributed by atoms with E-state index in [1.54, 1.807) is 0 Å². The van der Waals surface area contributed by atoms with E-state index in [0.717, 1.165) is 64.6 Å². The van der Waals surface area contributed by atoms with Crippen LogP contribution in [0.15, 0.2) is 29.3 Å². The molecule has 3 rings (SSSR count). The minimum absolute atomic E-state index is 0.221. The third kappa shape index (κ3) is 6.44. The topological polar surface area (TPSA) is 60.4 Å². The lowest BCUT2D eigenvalue weighted by Gasteiger charge is -2.37. The summed E-state index contributed by atoms with van der Waals surface area (Å²) in [4.78, 5) is 23.3. The first-order chi connectivity index (χ1) is 14.2. The Kier molecular flexibility index (Phi) is 8.31. The van der Waals surface area contributed by atoms with Crippen molar-refractivity contribution >= 4 is 11.9 Å². The fourth-order valence-electron chi connectivity index (χ4n) is 3.81. The Labute approximate surface area is 174 Å². The van der Waals surface area contributed by atoms with Crippen LogP contribution >= 0.6 is 0 Å². The number of carbonyl (C=O) groups excluding carboxylic acids is 1. The molecule has 29 heavy (non-hydrogen) atoms. The number of piperazine rings is 1. The fraction of sp³-hybridized carbons (Fsp3) is 0.636. The number of aryl methyl sites for hydroxylation is 1. The fourth-order valence-corrected chi connectivity index (χ4v) is 3.81. The lowest BCUT2D eigenvalue weighted by Crippen LogP contribution is -2.55. The molecule has 0 aliphatic carbocycles. The van der Waals surface area contributed by atoms with Crippen LogP contribution in [0.2, 0.25) is 0 Å². The van der Waals surface area contributed by atoms with Crippen molar-refractivity contribution in [3.05, 3.63) is 35.4 Å². The predicted octanol–water partition coefficient (Wildman–Crippen LogP) is 0.843. The number of benzene rings is 1. The lowest BCUT2D eigenvalue weighted by molar-refractivity contribution is -0.136. The van der Waals surface area contributed by atoms with Gasteiger partial charge in [-0.2, -0.15) is 0 Å². The molecule has 1 aromatic carbocycles. The van der Waals surface area contributed by atoms with E-state index >= 15 is 0 Å². The number of nitrogens with one attached hydrogen (secondary N) is 1. The van der Waals surface area contributed by atoms with Crippen LogP contribution < -0.4 is 5.32 Å². The van der Waals surface area contributed by atoms with E-state index in [0.29, 0.717) is 19.8 Å². The molecule has 0 saturated carbocycles. The van der Waals surface area contributed by atoms with Crippen LogP contribution in [0.5, 0.6) is 0 Å². The van der Waals surface area contributed by atoms with Gasteiger partial charge in [-0.15, -0.1) is 0 Å². The Morgan fingerprint density at radius 1 is 1.00 bits per heavy atom. The third-order valence-corrected chi connectivity index (χ3v) is 5.73. The molecule has 7 heteroatoms. The number of aliphatic imine (C=N–C) groups is 1. The van der Waals surface area contributed by atoms with Gasteiger partial charge in [0.2, 0.25) is 5.91 Å². The van der Waals surface area contributed by atoms with E-state index in [-0.39, 0.29) is 5.91 Å². The summed E-state index contributed by atoms with van der Waals surface area (Å²) in [6, 6.07) is 8.85. The first kappa shape index (κ1) is 21.6. The molecule has 2 heterocycles. The van der Waals surface area contributed by atoms with Gasteiger partial charge in [-0.1, -0.05) is 31.2 Å². The molecule has 2 saturated heterocycles. The monoisotopic (exact) mass is 401 g/mol. The number of rotatable bonds is 6. The van der Waals surface area contributed by atoms with Crippen LogP contribution in [0, 0.1) is 0 Å². The molecule has 1 aromatic rings. The highest BCUT2D eigenvalue weighted by Crippen LogP contribution is 2.07. The number of morpholine rings is 1. The molecule has 0 aromatic heterocycles. The summed E-state index contributed by atoms with van der Waals surface area (Å²) in [5, 5.41) is 3.49. The van der Waals surface area contributed by atoms with E-state index in [9.17, 15) is 4.79 Å². The van der Waals surface area contributed by atoms with E-state index in [1.807, 2.05) is 11.9 Å². The molecule has 0 bridgehead atoms. The molecule has 1 N–H and O–H groups in total. The van der Waals surface area contributed by atoms with E-state index < -0.39 is 0 Å². The smallest absolute Gasteiger partial charge is 0.236 e. The maximum Gasteiger partial charge on any atom is 0.236 e. The molecule has 2 aliphatic heterocycles. The van der Waals surface area contributed by atoms with Crippen molar-refractivity contribution in [1.82, 2.24) is 20.0 Å². The largest absolute Gasteiger partial charge is 0.378 e. The number of guanidine groups is 1. The van der Waals surface area contributed by atoms with Crippen molar-refractivity contribution in [2.45, 2.75) is 19.8 Å². The quantitative estimate of drug-likeness (QED) is 0.566. The van der Waals surface area contributed by atoms with Crippen molar-refractivity contribution in [2.75, 3.05) is 72.6 Å². The van der Waals surface area contributed by atoms with Crippen molar-refractivity contribution in [2.24, 2.45) is 4.99 Å². The summed E-state index contributed by atoms with van der Waals surface area (Å²) in [7, 11) is 1.84. The minimum atomic E-state index is 0.221. The second-order valence-electron chi connectivity index (χ2n) is 7.65.